The number of carbonyl (C=O) groups is 1. The second-order valence-corrected chi connectivity index (χ2v) is 8.06. The van der Waals surface area contributed by atoms with E-state index in [4.69, 9.17) is 4.74 Å². The zero-order valence-electron chi connectivity index (χ0n) is 14.6. The SMILES string of the molecule is CCOC(=O)C(c1ccc(C(F)(F)F)cc1)S(=O)(=O)CCc1ccccc1. The fraction of sp³-hybridized carbons (Fsp3) is 0.316. The van der Waals surface area contributed by atoms with Gasteiger partial charge in [0, 0.05) is 0 Å². The van der Waals surface area contributed by atoms with E-state index in [-0.39, 0.29) is 24.3 Å². The lowest BCUT2D eigenvalue weighted by Crippen LogP contribution is -2.27. The second kappa shape index (κ2) is 8.56. The third kappa shape index (κ3) is 5.56. The van der Waals surface area contributed by atoms with Crippen LogP contribution in [0.25, 0.3) is 0 Å². The number of rotatable bonds is 7. The summed E-state index contributed by atoms with van der Waals surface area (Å²) in [4.78, 5) is 12.3. The lowest BCUT2D eigenvalue weighted by Gasteiger charge is -2.17. The van der Waals surface area contributed by atoms with E-state index in [9.17, 15) is 26.4 Å². The highest BCUT2D eigenvalue weighted by atomic mass is 32.2. The van der Waals surface area contributed by atoms with Crippen LogP contribution in [0.3, 0.4) is 0 Å². The van der Waals surface area contributed by atoms with Crippen molar-refractivity contribution in [1.82, 2.24) is 0 Å². The molecule has 2 aromatic carbocycles. The van der Waals surface area contributed by atoms with E-state index < -0.39 is 32.8 Å². The van der Waals surface area contributed by atoms with Gasteiger partial charge in [-0.05, 0) is 36.6 Å². The van der Waals surface area contributed by atoms with Gasteiger partial charge < -0.3 is 4.74 Å². The van der Waals surface area contributed by atoms with Gasteiger partial charge in [-0.15, -0.1) is 0 Å². The van der Waals surface area contributed by atoms with Crippen molar-refractivity contribution in [2.75, 3.05) is 12.4 Å². The van der Waals surface area contributed by atoms with Crippen molar-refractivity contribution < 1.29 is 31.1 Å². The van der Waals surface area contributed by atoms with Crippen LogP contribution in [0.15, 0.2) is 54.6 Å². The molecular formula is C19H19F3O4S. The van der Waals surface area contributed by atoms with E-state index in [1.807, 2.05) is 0 Å². The monoisotopic (exact) mass is 400 g/mol. The van der Waals surface area contributed by atoms with Crippen molar-refractivity contribution in [3.05, 3.63) is 71.3 Å². The summed E-state index contributed by atoms with van der Waals surface area (Å²) < 4.78 is 68.6. The smallest absolute Gasteiger partial charge is 0.416 e. The normalized spacial score (nSPS) is 13.2. The Morgan fingerprint density at radius 2 is 1.63 bits per heavy atom. The van der Waals surface area contributed by atoms with Crippen LogP contribution in [0, 0.1) is 0 Å². The molecule has 0 saturated carbocycles. The van der Waals surface area contributed by atoms with Crippen molar-refractivity contribution in [3.63, 3.8) is 0 Å². The van der Waals surface area contributed by atoms with E-state index in [1.54, 1.807) is 30.3 Å². The third-order valence-corrected chi connectivity index (χ3v) is 5.87. The molecule has 146 valence electrons. The number of aryl methyl sites for hydroxylation is 1. The van der Waals surface area contributed by atoms with Gasteiger partial charge in [0.05, 0.1) is 17.9 Å². The van der Waals surface area contributed by atoms with Crippen LogP contribution in [-0.4, -0.2) is 26.7 Å². The van der Waals surface area contributed by atoms with Gasteiger partial charge in [-0.3, -0.25) is 4.79 Å². The number of ether oxygens (including phenoxy) is 1. The van der Waals surface area contributed by atoms with Crippen molar-refractivity contribution in [1.29, 1.82) is 0 Å². The van der Waals surface area contributed by atoms with Crippen LogP contribution >= 0.6 is 0 Å². The molecule has 0 bridgehead atoms. The highest BCUT2D eigenvalue weighted by Gasteiger charge is 2.36. The van der Waals surface area contributed by atoms with Crippen molar-refractivity contribution >= 4 is 15.8 Å². The Morgan fingerprint density at radius 1 is 1.04 bits per heavy atom. The van der Waals surface area contributed by atoms with Crippen LogP contribution in [0.2, 0.25) is 0 Å². The Kier molecular flexibility index (Phi) is 6.64. The van der Waals surface area contributed by atoms with Gasteiger partial charge in [0.25, 0.3) is 0 Å². The summed E-state index contributed by atoms with van der Waals surface area (Å²) in [7, 11) is -4.00. The Morgan fingerprint density at radius 3 is 2.15 bits per heavy atom. The molecule has 0 aliphatic rings. The minimum Gasteiger partial charge on any atom is -0.465 e. The fourth-order valence-electron chi connectivity index (χ4n) is 2.58. The first-order valence-electron chi connectivity index (χ1n) is 8.24. The zero-order chi connectivity index (χ0) is 20.1. The van der Waals surface area contributed by atoms with Crippen molar-refractivity contribution in [3.8, 4) is 0 Å². The molecule has 0 amide bonds. The molecule has 0 aliphatic carbocycles. The zero-order valence-corrected chi connectivity index (χ0v) is 15.4. The molecule has 0 saturated heterocycles. The number of alkyl halides is 3. The molecule has 2 rings (SSSR count). The number of carbonyl (C=O) groups excluding carboxylic acids is 1. The molecule has 1 unspecified atom stereocenters. The molecule has 8 heteroatoms. The van der Waals surface area contributed by atoms with Gasteiger partial charge in [0.2, 0.25) is 0 Å². The standard InChI is InChI=1S/C19H19F3O4S/c1-2-26-18(23)17(15-8-10-16(11-9-15)19(20,21)22)27(24,25)13-12-14-6-4-3-5-7-14/h3-11,17H,2,12-13H2,1H3. The van der Waals surface area contributed by atoms with Crippen LogP contribution < -0.4 is 0 Å². The maximum atomic E-state index is 12.8. The first kappa shape index (κ1) is 21.0. The van der Waals surface area contributed by atoms with Gasteiger partial charge in [0.1, 0.15) is 0 Å². The van der Waals surface area contributed by atoms with E-state index in [1.165, 1.54) is 6.92 Å². The number of sulfone groups is 1. The molecular weight excluding hydrogens is 381 g/mol. The second-order valence-electron chi connectivity index (χ2n) is 5.85. The van der Waals surface area contributed by atoms with E-state index in [0.717, 1.165) is 29.8 Å². The molecule has 1 atom stereocenters. The van der Waals surface area contributed by atoms with Gasteiger partial charge in [-0.2, -0.15) is 13.2 Å². The van der Waals surface area contributed by atoms with Gasteiger partial charge in [-0.25, -0.2) is 8.42 Å². The summed E-state index contributed by atoms with van der Waals surface area (Å²) in [6, 6.07) is 12.4. The average molecular weight is 400 g/mol. The third-order valence-electron chi connectivity index (χ3n) is 3.92. The van der Waals surface area contributed by atoms with Crippen LogP contribution in [-0.2, 0) is 32.0 Å². The summed E-state index contributed by atoms with van der Waals surface area (Å²) in [5.41, 5.74) is -0.193. The Balaban J connectivity index is 2.31. The Hall–Kier alpha value is -2.35. The predicted molar refractivity (Wildman–Crippen MR) is 94.8 cm³/mol. The quantitative estimate of drug-likeness (QED) is 0.660. The van der Waals surface area contributed by atoms with Gasteiger partial charge in [0.15, 0.2) is 15.1 Å². The number of benzene rings is 2. The van der Waals surface area contributed by atoms with Crippen LogP contribution in [0.4, 0.5) is 13.2 Å². The minimum absolute atomic E-state index is 0.0375. The maximum Gasteiger partial charge on any atom is 0.416 e. The lowest BCUT2D eigenvalue weighted by molar-refractivity contribution is -0.142. The van der Waals surface area contributed by atoms with E-state index in [2.05, 4.69) is 0 Å². The van der Waals surface area contributed by atoms with Crippen molar-refractivity contribution in [2.45, 2.75) is 24.8 Å². The van der Waals surface area contributed by atoms with Crippen molar-refractivity contribution in [2.24, 2.45) is 0 Å². The predicted octanol–water partition coefficient (Wildman–Crippen LogP) is 3.97. The molecule has 27 heavy (non-hydrogen) atoms. The largest absolute Gasteiger partial charge is 0.465 e. The first-order chi connectivity index (χ1) is 12.6. The van der Waals surface area contributed by atoms with Gasteiger partial charge in [-0.1, -0.05) is 42.5 Å². The number of hydrogen-bond acceptors (Lipinski definition) is 4. The highest BCUT2D eigenvalue weighted by molar-refractivity contribution is 7.92. The fourth-order valence-corrected chi connectivity index (χ4v) is 4.27. The summed E-state index contributed by atoms with van der Waals surface area (Å²) in [6.45, 7) is 1.49. The van der Waals surface area contributed by atoms with E-state index >= 15 is 0 Å². The molecule has 0 spiro atoms. The molecule has 0 N–H and O–H groups in total. The summed E-state index contributed by atoms with van der Waals surface area (Å²) in [6.07, 6.45) is -4.37. The Labute approximate surface area is 155 Å². The number of halogens is 3. The number of esters is 1. The molecule has 0 radical (unpaired) electrons. The molecule has 0 aliphatic heterocycles. The number of hydrogen-bond donors (Lipinski definition) is 0. The minimum atomic E-state index is -4.55. The van der Waals surface area contributed by atoms with Gasteiger partial charge >= 0.3 is 12.1 Å². The molecule has 0 fully saturated rings. The topological polar surface area (TPSA) is 60.4 Å². The summed E-state index contributed by atoms with van der Waals surface area (Å²) >= 11 is 0. The van der Waals surface area contributed by atoms with E-state index in [0.29, 0.717) is 0 Å². The first-order valence-corrected chi connectivity index (χ1v) is 9.96. The summed E-state index contributed by atoms with van der Waals surface area (Å²) in [5, 5.41) is -1.66. The molecule has 0 aromatic heterocycles. The molecule has 2 aromatic rings. The van der Waals surface area contributed by atoms with Crippen LogP contribution in [0.1, 0.15) is 28.9 Å². The Bertz CT molecular complexity index is 860. The molecule has 0 heterocycles. The highest BCUT2D eigenvalue weighted by Crippen LogP contribution is 2.32. The maximum absolute atomic E-state index is 12.8. The summed E-state index contributed by atoms with van der Waals surface area (Å²) in [5.74, 6) is -1.33. The average Bonchev–Trinajstić information content (AvgIpc) is 2.61. The molecule has 4 nitrogen and oxygen atoms in total. The lowest BCUT2D eigenvalue weighted by atomic mass is 10.1. The van der Waals surface area contributed by atoms with Crippen LogP contribution in [0.5, 0.6) is 0 Å².